The van der Waals surface area contributed by atoms with E-state index in [-0.39, 0.29) is 36.7 Å². The van der Waals surface area contributed by atoms with Gasteiger partial charge in [0.05, 0.1) is 12.1 Å². The Morgan fingerprint density at radius 3 is 2.36 bits per heavy atom. The van der Waals surface area contributed by atoms with Gasteiger partial charge < -0.3 is 19.1 Å². The van der Waals surface area contributed by atoms with E-state index < -0.39 is 0 Å². The van der Waals surface area contributed by atoms with Crippen LogP contribution in [0.25, 0.3) is 0 Å². The summed E-state index contributed by atoms with van der Waals surface area (Å²) >= 11 is 0. The fraction of sp³-hybridized carbons (Fsp3) is 0.611. The highest BCUT2D eigenvalue weighted by molar-refractivity contribution is 7.10. The third-order valence-corrected chi connectivity index (χ3v) is 5.26. The van der Waals surface area contributed by atoms with Crippen molar-refractivity contribution in [3.8, 4) is 0 Å². The predicted molar refractivity (Wildman–Crippen MR) is 107 cm³/mol. The van der Waals surface area contributed by atoms with E-state index in [0.29, 0.717) is 12.8 Å². The van der Waals surface area contributed by atoms with Crippen LogP contribution in [0, 0.1) is 5.92 Å². The summed E-state index contributed by atoms with van der Waals surface area (Å²) in [7, 11) is 6.38. The first-order chi connectivity index (χ1) is 12.0. The second-order valence-electron chi connectivity index (χ2n) is 6.42. The van der Waals surface area contributed by atoms with E-state index in [0.717, 1.165) is 12.0 Å². The quantitative estimate of drug-likeness (QED) is 0.592. The summed E-state index contributed by atoms with van der Waals surface area (Å²) in [6.45, 7) is 4.04. The SMILES string of the molecule is CC(C[C@@H](CCCO)OP)C(=O)N(C)[C@H](C)[C@H](OP)c1ccccc1. The number of nitrogens with zero attached hydrogens (tertiary/aromatic N) is 1. The molecule has 142 valence electrons. The zero-order chi connectivity index (χ0) is 18.8. The number of aliphatic hydroxyl groups excluding tert-OH is 1. The number of carbonyl (C=O) groups is 1. The maximum absolute atomic E-state index is 12.8. The van der Waals surface area contributed by atoms with E-state index in [1.165, 1.54) is 0 Å². The van der Waals surface area contributed by atoms with Gasteiger partial charge in [0.15, 0.2) is 0 Å². The molecule has 1 N–H and O–H groups in total. The first kappa shape index (κ1) is 22.5. The Morgan fingerprint density at radius 2 is 1.84 bits per heavy atom. The summed E-state index contributed by atoms with van der Waals surface area (Å²) in [5, 5.41) is 8.96. The van der Waals surface area contributed by atoms with Crippen LogP contribution in [0.4, 0.5) is 0 Å². The molecule has 5 nitrogen and oxygen atoms in total. The van der Waals surface area contributed by atoms with E-state index in [9.17, 15) is 4.79 Å². The number of hydrogen-bond donors (Lipinski definition) is 1. The molecular formula is C18H31NO4P2. The third-order valence-electron chi connectivity index (χ3n) is 4.59. The topological polar surface area (TPSA) is 59.0 Å². The normalized spacial score (nSPS) is 16.1. The maximum atomic E-state index is 12.8. The lowest BCUT2D eigenvalue weighted by Crippen LogP contribution is -2.42. The molecule has 1 rings (SSSR count). The molecule has 0 saturated carbocycles. The molecule has 1 amide bonds. The summed E-state index contributed by atoms with van der Waals surface area (Å²) in [6.07, 6.45) is 1.76. The van der Waals surface area contributed by atoms with Gasteiger partial charge in [0.2, 0.25) is 5.91 Å². The Balaban J connectivity index is 2.72. The molecule has 3 unspecified atom stereocenters. The van der Waals surface area contributed by atoms with Gasteiger partial charge in [-0.15, -0.1) is 0 Å². The average molecular weight is 387 g/mol. The molecule has 0 aliphatic rings. The molecule has 7 heteroatoms. The van der Waals surface area contributed by atoms with Crippen LogP contribution < -0.4 is 0 Å². The van der Waals surface area contributed by atoms with Gasteiger partial charge in [-0.1, -0.05) is 37.3 Å². The van der Waals surface area contributed by atoms with Gasteiger partial charge in [-0.05, 0) is 31.7 Å². The Hall–Kier alpha value is -0.570. The molecule has 0 fully saturated rings. The summed E-state index contributed by atoms with van der Waals surface area (Å²) in [5.41, 5.74) is 1.03. The number of carbonyl (C=O) groups excluding carboxylic acids is 1. The zero-order valence-corrected chi connectivity index (χ0v) is 17.6. The molecular weight excluding hydrogens is 356 g/mol. The lowest BCUT2D eigenvalue weighted by molar-refractivity contribution is -0.138. The number of aliphatic hydroxyl groups is 1. The first-order valence-corrected chi connectivity index (χ1v) is 9.54. The van der Waals surface area contributed by atoms with E-state index in [1.54, 1.807) is 4.90 Å². The van der Waals surface area contributed by atoms with Gasteiger partial charge in [-0.3, -0.25) is 4.79 Å². The van der Waals surface area contributed by atoms with Crippen LogP contribution in [0.5, 0.6) is 0 Å². The highest BCUT2D eigenvalue weighted by Crippen LogP contribution is 2.28. The molecule has 0 aliphatic carbocycles. The molecule has 0 aliphatic heterocycles. The molecule has 1 aromatic rings. The Morgan fingerprint density at radius 1 is 1.20 bits per heavy atom. The van der Waals surface area contributed by atoms with Crippen molar-refractivity contribution in [1.82, 2.24) is 4.90 Å². The molecule has 0 saturated heterocycles. The fourth-order valence-corrected chi connectivity index (χ4v) is 3.55. The monoisotopic (exact) mass is 387 g/mol. The van der Waals surface area contributed by atoms with Crippen LogP contribution in [-0.2, 0) is 13.8 Å². The highest BCUT2D eigenvalue weighted by Gasteiger charge is 2.29. The van der Waals surface area contributed by atoms with Crippen molar-refractivity contribution in [3.05, 3.63) is 35.9 Å². The Bertz CT molecular complexity index is 503. The lowest BCUT2D eigenvalue weighted by Gasteiger charge is -2.33. The van der Waals surface area contributed by atoms with Gasteiger partial charge in [0.1, 0.15) is 6.10 Å². The smallest absolute Gasteiger partial charge is 0.225 e. The Labute approximate surface area is 156 Å². The first-order valence-electron chi connectivity index (χ1n) is 8.59. The summed E-state index contributed by atoms with van der Waals surface area (Å²) in [4.78, 5) is 14.6. The van der Waals surface area contributed by atoms with Crippen LogP contribution in [-0.4, -0.2) is 41.7 Å². The average Bonchev–Trinajstić information content (AvgIpc) is 2.64. The number of hydrogen-bond acceptors (Lipinski definition) is 4. The van der Waals surface area contributed by atoms with Crippen molar-refractivity contribution in [1.29, 1.82) is 0 Å². The van der Waals surface area contributed by atoms with Crippen LogP contribution in [0.15, 0.2) is 30.3 Å². The van der Waals surface area contributed by atoms with Gasteiger partial charge in [-0.25, -0.2) is 0 Å². The zero-order valence-electron chi connectivity index (χ0n) is 15.3. The molecule has 0 radical (unpaired) electrons. The van der Waals surface area contributed by atoms with Gasteiger partial charge in [0, 0.05) is 38.5 Å². The minimum absolute atomic E-state index is 0.0530. The van der Waals surface area contributed by atoms with Crippen LogP contribution >= 0.6 is 18.9 Å². The van der Waals surface area contributed by atoms with Crippen molar-refractivity contribution in [2.75, 3.05) is 13.7 Å². The minimum Gasteiger partial charge on any atom is -0.396 e. The van der Waals surface area contributed by atoms with E-state index >= 15 is 0 Å². The predicted octanol–water partition coefficient (Wildman–Crippen LogP) is 3.36. The van der Waals surface area contributed by atoms with Crippen molar-refractivity contribution < 1.29 is 18.9 Å². The number of benzene rings is 1. The van der Waals surface area contributed by atoms with Gasteiger partial charge in [-0.2, -0.15) is 0 Å². The van der Waals surface area contributed by atoms with Gasteiger partial charge >= 0.3 is 0 Å². The number of rotatable bonds is 11. The molecule has 1 aromatic carbocycles. The Kier molecular flexibility index (Phi) is 10.7. The van der Waals surface area contributed by atoms with Crippen LogP contribution in [0.1, 0.15) is 44.8 Å². The van der Waals surface area contributed by atoms with Crippen molar-refractivity contribution in [2.24, 2.45) is 5.92 Å². The molecule has 6 atom stereocenters. The molecule has 0 heterocycles. The van der Waals surface area contributed by atoms with E-state index in [2.05, 4.69) is 18.9 Å². The summed E-state index contributed by atoms with van der Waals surface area (Å²) in [5.74, 6) is -0.107. The third kappa shape index (κ3) is 6.92. The van der Waals surface area contributed by atoms with Crippen LogP contribution in [0.2, 0.25) is 0 Å². The largest absolute Gasteiger partial charge is 0.396 e. The highest BCUT2D eigenvalue weighted by atomic mass is 31.0. The van der Waals surface area contributed by atoms with E-state index in [1.807, 2.05) is 51.2 Å². The fourth-order valence-electron chi connectivity index (χ4n) is 2.92. The number of amides is 1. The second-order valence-corrected chi connectivity index (χ2v) is 6.96. The molecule has 0 bridgehead atoms. The van der Waals surface area contributed by atoms with Crippen molar-refractivity contribution in [2.45, 2.75) is 51.4 Å². The summed E-state index contributed by atoms with van der Waals surface area (Å²) in [6, 6.07) is 9.78. The minimum atomic E-state index is -0.212. The van der Waals surface area contributed by atoms with Gasteiger partial charge in [0.25, 0.3) is 0 Å². The van der Waals surface area contributed by atoms with Crippen molar-refractivity contribution in [3.63, 3.8) is 0 Å². The second kappa shape index (κ2) is 11.9. The summed E-state index contributed by atoms with van der Waals surface area (Å²) < 4.78 is 10.9. The molecule has 0 spiro atoms. The van der Waals surface area contributed by atoms with Crippen LogP contribution in [0.3, 0.4) is 0 Å². The van der Waals surface area contributed by atoms with E-state index in [4.69, 9.17) is 14.2 Å². The molecule has 0 aromatic heterocycles. The standard InChI is InChI=1S/C18H31NO4P2/c1-13(12-16(22-24)10-7-11-20)18(21)19(3)14(2)17(23-25)15-8-5-4-6-9-15/h4-6,8-9,13-14,16-17,20H,7,10-12,24-25H2,1-3H3/t13?,14-,16-,17+/m1/s1. The maximum Gasteiger partial charge on any atom is 0.225 e. The number of likely N-dealkylation sites (N-methyl/N-ethyl adjacent to an activating group) is 1. The molecule has 25 heavy (non-hydrogen) atoms. The lowest BCUT2D eigenvalue weighted by atomic mass is 9.97. The van der Waals surface area contributed by atoms with Crippen molar-refractivity contribution >= 4 is 24.8 Å².